The molecule has 4 heteroatoms. The Balaban J connectivity index is 2.90. The summed E-state index contributed by atoms with van der Waals surface area (Å²) in [5, 5.41) is 1.13. The highest BCUT2D eigenvalue weighted by Crippen LogP contribution is 2.28. The molecule has 0 saturated heterocycles. The van der Waals surface area contributed by atoms with Gasteiger partial charge in [0.1, 0.15) is 0 Å². The van der Waals surface area contributed by atoms with Crippen LogP contribution in [-0.4, -0.2) is 18.1 Å². The van der Waals surface area contributed by atoms with E-state index in [9.17, 15) is 0 Å². The summed E-state index contributed by atoms with van der Waals surface area (Å²) in [4.78, 5) is 8.31. The van der Waals surface area contributed by atoms with Gasteiger partial charge in [0.2, 0.25) is 0 Å². The van der Waals surface area contributed by atoms with E-state index in [1.165, 1.54) is 10.6 Å². The molecule has 1 aromatic rings. The molecule has 0 spiro atoms. The lowest BCUT2D eigenvalue weighted by molar-refractivity contribution is 0.590. The number of aryl methyl sites for hydroxylation is 1. The van der Waals surface area contributed by atoms with Gasteiger partial charge in [-0.3, -0.25) is 0 Å². The normalized spacial score (nSPS) is 11.2. The van der Waals surface area contributed by atoms with Crippen LogP contribution in [0, 0.1) is 0 Å². The number of anilines is 1. The smallest absolute Gasteiger partial charge is 0.185 e. The Bertz CT molecular complexity index is 331. The van der Waals surface area contributed by atoms with Gasteiger partial charge in [0.05, 0.1) is 5.69 Å². The molecule has 0 unspecified atom stereocenters. The summed E-state index contributed by atoms with van der Waals surface area (Å²) in [7, 11) is 2.15. The zero-order chi connectivity index (χ0) is 12.8. The molecule has 1 rings (SSSR count). The van der Waals surface area contributed by atoms with Crippen LogP contribution in [0.2, 0.25) is 0 Å². The fraction of sp³-hybridized carbons (Fsp3) is 0.769. The van der Waals surface area contributed by atoms with E-state index in [1.807, 2.05) is 0 Å². The fourth-order valence-electron chi connectivity index (χ4n) is 2.10. The summed E-state index contributed by atoms with van der Waals surface area (Å²) in [6.45, 7) is 7.26. The maximum atomic E-state index is 5.79. The molecular weight excluding hydrogens is 230 g/mol. The minimum atomic E-state index is 0.584. The van der Waals surface area contributed by atoms with Crippen molar-refractivity contribution in [2.45, 2.75) is 59.0 Å². The fourth-order valence-corrected chi connectivity index (χ4v) is 3.12. The molecule has 1 heterocycles. The minimum Gasteiger partial charge on any atom is -0.348 e. The molecule has 0 fully saturated rings. The van der Waals surface area contributed by atoms with Crippen molar-refractivity contribution in [3.05, 3.63) is 10.6 Å². The van der Waals surface area contributed by atoms with Crippen molar-refractivity contribution in [3.8, 4) is 0 Å². The van der Waals surface area contributed by atoms with Crippen LogP contribution in [0.1, 0.15) is 50.6 Å². The zero-order valence-electron chi connectivity index (χ0n) is 11.5. The Kier molecular flexibility index (Phi) is 5.92. The first kappa shape index (κ1) is 14.5. The number of hydrogen-bond donors (Lipinski definition) is 1. The molecule has 0 saturated carbocycles. The topological polar surface area (TPSA) is 42.2 Å². The van der Waals surface area contributed by atoms with Crippen LogP contribution in [0.15, 0.2) is 0 Å². The summed E-state index contributed by atoms with van der Waals surface area (Å²) >= 11 is 1.76. The molecule has 3 nitrogen and oxygen atoms in total. The quantitative estimate of drug-likeness (QED) is 0.813. The Hall–Kier alpha value is -0.610. The van der Waals surface area contributed by atoms with Crippen molar-refractivity contribution in [1.82, 2.24) is 4.98 Å². The molecule has 0 aliphatic heterocycles. The molecule has 0 aromatic carbocycles. The Morgan fingerprint density at radius 3 is 2.41 bits per heavy atom. The predicted molar refractivity (Wildman–Crippen MR) is 76.8 cm³/mol. The molecule has 98 valence electrons. The SMILES string of the molecule is CCCc1nc(N(C)C(CC)CC)sc1CN. The van der Waals surface area contributed by atoms with E-state index in [1.54, 1.807) is 11.3 Å². The number of rotatable bonds is 7. The lowest BCUT2D eigenvalue weighted by atomic mass is 10.1. The van der Waals surface area contributed by atoms with Gasteiger partial charge in [-0.1, -0.05) is 27.2 Å². The van der Waals surface area contributed by atoms with Crippen molar-refractivity contribution in [3.63, 3.8) is 0 Å². The number of nitrogens with zero attached hydrogens (tertiary/aromatic N) is 2. The van der Waals surface area contributed by atoms with Crippen LogP contribution >= 0.6 is 11.3 Å². The van der Waals surface area contributed by atoms with Gasteiger partial charge in [0.25, 0.3) is 0 Å². The van der Waals surface area contributed by atoms with Crippen LogP contribution < -0.4 is 10.6 Å². The highest BCUT2D eigenvalue weighted by atomic mass is 32.1. The van der Waals surface area contributed by atoms with E-state index in [4.69, 9.17) is 10.7 Å². The van der Waals surface area contributed by atoms with Gasteiger partial charge in [-0.2, -0.15) is 0 Å². The van der Waals surface area contributed by atoms with Gasteiger partial charge in [-0.05, 0) is 19.3 Å². The number of hydrogen-bond acceptors (Lipinski definition) is 4. The molecule has 2 N–H and O–H groups in total. The first-order chi connectivity index (χ1) is 8.17. The van der Waals surface area contributed by atoms with Gasteiger partial charge in [-0.25, -0.2) is 4.98 Å². The van der Waals surface area contributed by atoms with Crippen LogP contribution in [-0.2, 0) is 13.0 Å². The molecule has 0 radical (unpaired) electrons. The van der Waals surface area contributed by atoms with Crippen LogP contribution in [0.3, 0.4) is 0 Å². The highest BCUT2D eigenvalue weighted by Gasteiger charge is 2.17. The third kappa shape index (κ3) is 3.42. The van der Waals surface area contributed by atoms with E-state index in [0.29, 0.717) is 12.6 Å². The standard InChI is InChI=1S/C13H25N3S/c1-5-8-11-12(9-14)17-13(15-11)16(4)10(6-2)7-3/h10H,5-9,14H2,1-4H3. The first-order valence-corrected chi connectivity index (χ1v) is 7.40. The maximum absolute atomic E-state index is 5.79. The van der Waals surface area contributed by atoms with E-state index in [-0.39, 0.29) is 0 Å². The Morgan fingerprint density at radius 2 is 1.94 bits per heavy atom. The Morgan fingerprint density at radius 1 is 1.29 bits per heavy atom. The van der Waals surface area contributed by atoms with Crippen LogP contribution in [0.25, 0.3) is 0 Å². The summed E-state index contributed by atoms with van der Waals surface area (Å²) in [5.74, 6) is 0. The minimum absolute atomic E-state index is 0.584. The first-order valence-electron chi connectivity index (χ1n) is 6.59. The summed E-state index contributed by atoms with van der Waals surface area (Å²) < 4.78 is 0. The van der Waals surface area contributed by atoms with Crippen LogP contribution in [0.5, 0.6) is 0 Å². The van der Waals surface area contributed by atoms with Crippen molar-refractivity contribution >= 4 is 16.5 Å². The lowest BCUT2D eigenvalue weighted by Crippen LogP contribution is -2.30. The van der Waals surface area contributed by atoms with Crippen molar-refractivity contribution in [1.29, 1.82) is 0 Å². The average Bonchev–Trinajstić information content (AvgIpc) is 2.74. The molecule has 17 heavy (non-hydrogen) atoms. The second-order valence-electron chi connectivity index (χ2n) is 4.40. The summed E-state index contributed by atoms with van der Waals surface area (Å²) in [6, 6.07) is 0.584. The van der Waals surface area contributed by atoms with Gasteiger partial charge in [0.15, 0.2) is 5.13 Å². The molecule has 0 atom stereocenters. The van der Waals surface area contributed by atoms with Gasteiger partial charge in [0, 0.05) is 24.5 Å². The third-order valence-corrected chi connectivity index (χ3v) is 4.44. The number of thiazole rings is 1. The summed E-state index contributed by atoms with van der Waals surface area (Å²) in [5.41, 5.74) is 6.99. The molecule has 1 aromatic heterocycles. The molecular formula is C13H25N3S. The second-order valence-corrected chi connectivity index (χ2v) is 5.46. The zero-order valence-corrected chi connectivity index (χ0v) is 12.3. The molecule has 0 bridgehead atoms. The summed E-state index contributed by atoms with van der Waals surface area (Å²) in [6.07, 6.45) is 4.49. The third-order valence-electron chi connectivity index (χ3n) is 3.23. The predicted octanol–water partition coefficient (Wildman–Crippen LogP) is 3.18. The van der Waals surface area contributed by atoms with Gasteiger partial charge in [-0.15, -0.1) is 11.3 Å². The Labute approximate surface area is 109 Å². The highest BCUT2D eigenvalue weighted by molar-refractivity contribution is 7.15. The lowest BCUT2D eigenvalue weighted by Gasteiger charge is -2.25. The number of nitrogens with two attached hydrogens (primary N) is 1. The van der Waals surface area contributed by atoms with E-state index < -0.39 is 0 Å². The molecule has 0 aliphatic rings. The number of aromatic nitrogens is 1. The van der Waals surface area contributed by atoms with E-state index >= 15 is 0 Å². The largest absolute Gasteiger partial charge is 0.348 e. The van der Waals surface area contributed by atoms with Crippen LogP contribution in [0.4, 0.5) is 5.13 Å². The monoisotopic (exact) mass is 255 g/mol. The second kappa shape index (κ2) is 6.97. The van der Waals surface area contributed by atoms with E-state index in [2.05, 4.69) is 32.7 Å². The maximum Gasteiger partial charge on any atom is 0.185 e. The van der Waals surface area contributed by atoms with Gasteiger partial charge < -0.3 is 10.6 Å². The average molecular weight is 255 g/mol. The van der Waals surface area contributed by atoms with Crippen molar-refractivity contribution in [2.24, 2.45) is 5.73 Å². The van der Waals surface area contributed by atoms with E-state index in [0.717, 1.165) is 30.8 Å². The van der Waals surface area contributed by atoms with Crippen molar-refractivity contribution in [2.75, 3.05) is 11.9 Å². The molecule has 0 amide bonds. The van der Waals surface area contributed by atoms with Crippen molar-refractivity contribution < 1.29 is 0 Å². The van der Waals surface area contributed by atoms with Gasteiger partial charge >= 0.3 is 0 Å². The molecule has 0 aliphatic carbocycles.